The summed E-state index contributed by atoms with van der Waals surface area (Å²) in [6.07, 6.45) is 1.10. The summed E-state index contributed by atoms with van der Waals surface area (Å²) in [6.45, 7) is 9.43. The van der Waals surface area contributed by atoms with Crippen molar-refractivity contribution in [3.05, 3.63) is 41.1 Å². The van der Waals surface area contributed by atoms with Crippen LogP contribution in [0, 0.1) is 13.8 Å². The highest BCUT2D eigenvalue weighted by Crippen LogP contribution is 2.27. The molecule has 1 unspecified atom stereocenters. The zero-order chi connectivity index (χ0) is 15.2. The Morgan fingerprint density at radius 3 is 2.76 bits per heavy atom. The van der Waals surface area contributed by atoms with E-state index in [0.29, 0.717) is 11.8 Å². The van der Waals surface area contributed by atoms with Crippen LogP contribution in [-0.2, 0) is 6.61 Å². The van der Waals surface area contributed by atoms with Crippen molar-refractivity contribution in [3.8, 4) is 5.75 Å². The summed E-state index contributed by atoms with van der Waals surface area (Å²) >= 11 is 0. The third-order valence-electron chi connectivity index (χ3n) is 3.25. The lowest BCUT2D eigenvalue weighted by atomic mass is 10.0. The van der Waals surface area contributed by atoms with Gasteiger partial charge >= 0.3 is 0 Å². The molecule has 0 radical (unpaired) electrons. The van der Waals surface area contributed by atoms with E-state index in [4.69, 9.17) is 9.15 Å². The summed E-state index contributed by atoms with van der Waals surface area (Å²) in [6, 6.07) is 6.44. The zero-order valence-electron chi connectivity index (χ0n) is 13.1. The molecule has 21 heavy (non-hydrogen) atoms. The molecule has 0 bridgehead atoms. The van der Waals surface area contributed by atoms with Crippen LogP contribution >= 0.6 is 0 Å². The molecule has 2 aromatic rings. The number of aryl methyl sites for hydroxylation is 2. The Morgan fingerprint density at radius 2 is 2.10 bits per heavy atom. The van der Waals surface area contributed by atoms with E-state index in [0.717, 1.165) is 24.3 Å². The van der Waals surface area contributed by atoms with Crippen LogP contribution in [-0.4, -0.2) is 16.7 Å². The summed E-state index contributed by atoms with van der Waals surface area (Å²) in [4.78, 5) is 0. The maximum atomic E-state index is 5.86. The summed E-state index contributed by atoms with van der Waals surface area (Å²) in [7, 11) is 0. The second-order valence-electron chi connectivity index (χ2n) is 5.22. The van der Waals surface area contributed by atoms with Crippen molar-refractivity contribution in [1.82, 2.24) is 15.5 Å². The molecule has 1 heterocycles. The minimum absolute atomic E-state index is 0.240. The number of aromatic nitrogens is 2. The van der Waals surface area contributed by atoms with Crippen molar-refractivity contribution in [2.75, 3.05) is 6.54 Å². The van der Waals surface area contributed by atoms with E-state index < -0.39 is 0 Å². The van der Waals surface area contributed by atoms with Crippen LogP contribution in [0.4, 0.5) is 0 Å². The minimum Gasteiger partial charge on any atom is -0.483 e. The first-order valence-electron chi connectivity index (χ1n) is 7.36. The smallest absolute Gasteiger partial charge is 0.253 e. The van der Waals surface area contributed by atoms with E-state index in [1.54, 1.807) is 6.92 Å². The molecule has 1 atom stereocenters. The summed E-state index contributed by atoms with van der Waals surface area (Å²) < 4.78 is 11.2. The average Bonchev–Trinajstić information content (AvgIpc) is 2.89. The van der Waals surface area contributed by atoms with E-state index >= 15 is 0 Å². The van der Waals surface area contributed by atoms with Gasteiger partial charge in [-0.3, -0.25) is 0 Å². The van der Waals surface area contributed by atoms with Crippen molar-refractivity contribution in [1.29, 1.82) is 0 Å². The molecule has 5 heteroatoms. The number of rotatable bonds is 7. The van der Waals surface area contributed by atoms with Crippen LogP contribution in [0.5, 0.6) is 5.75 Å². The first-order chi connectivity index (χ1) is 10.1. The lowest BCUT2D eigenvalue weighted by molar-refractivity contribution is 0.256. The zero-order valence-corrected chi connectivity index (χ0v) is 13.1. The number of hydrogen-bond acceptors (Lipinski definition) is 5. The van der Waals surface area contributed by atoms with Gasteiger partial charge in [0, 0.05) is 18.5 Å². The number of benzene rings is 1. The lowest BCUT2D eigenvalue weighted by Crippen LogP contribution is -2.20. The van der Waals surface area contributed by atoms with Gasteiger partial charge in [-0.25, -0.2) is 0 Å². The van der Waals surface area contributed by atoms with Gasteiger partial charge in [0.25, 0.3) is 5.89 Å². The quantitative estimate of drug-likeness (QED) is 0.847. The largest absolute Gasteiger partial charge is 0.483 e. The molecule has 0 saturated carbocycles. The minimum atomic E-state index is 0.240. The molecule has 0 amide bonds. The molecule has 1 aromatic heterocycles. The van der Waals surface area contributed by atoms with Crippen molar-refractivity contribution < 1.29 is 9.15 Å². The van der Waals surface area contributed by atoms with Crippen LogP contribution in [0.2, 0.25) is 0 Å². The van der Waals surface area contributed by atoms with E-state index in [1.165, 1.54) is 5.56 Å². The van der Waals surface area contributed by atoms with E-state index in [-0.39, 0.29) is 12.6 Å². The summed E-state index contributed by atoms with van der Waals surface area (Å²) in [5, 5.41) is 11.2. The van der Waals surface area contributed by atoms with E-state index in [2.05, 4.69) is 42.4 Å². The monoisotopic (exact) mass is 289 g/mol. The first kappa shape index (κ1) is 15.5. The van der Waals surface area contributed by atoms with Crippen molar-refractivity contribution >= 4 is 0 Å². The van der Waals surface area contributed by atoms with Crippen molar-refractivity contribution in [2.24, 2.45) is 0 Å². The van der Waals surface area contributed by atoms with E-state index in [9.17, 15) is 0 Å². The highest BCUT2D eigenvalue weighted by Gasteiger charge is 2.13. The fraction of sp³-hybridized carbons (Fsp3) is 0.500. The Kier molecular flexibility index (Phi) is 5.33. The third kappa shape index (κ3) is 4.29. The molecule has 2 rings (SSSR count). The number of hydrogen-bond donors (Lipinski definition) is 1. The van der Waals surface area contributed by atoms with E-state index in [1.807, 2.05) is 12.1 Å². The molecule has 1 aromatic carbocycles. The van der Waals surface area contributed by atoms with Crippen LogP contribution < -0.4 is 10.1 Å². The second kappa shape index (κ2) is 7.22. The Bertz CT molecular complexity index is 581. The predicted octanol–water partition coefficient (Wildman–Crippen LogP) is 3.33. The Labute approximate surface area is 125 Å². The van der Waals surface area contributed by atoms with Crippen molar-refractivity contribution in [2.45, 2.75) is 46.8 Å². The molecular weight excluding hydrogens is 266 g/mol. The van der Waals surface area contributed by atoms with Gasteiger partial charge in [-0.2, -0.15) is 0 Å². The summed E-state index contributed by atoms with van der Waals surface area (Å²) in [5.74, 6) is 1.90. The molecule has 0 aliphatic carbocycles. The Hall–Kier alpha value is -1.88. The average molecular weight is 289 g/mol. The molecular formula is C16H23N3O2. The summed E-state index contributed by atoms with van der Waals surface area (Å²) in [5.41, 5.74) is 2.37. The predicted molar refractivity (Wildman–Crippen MR) is 81.3 cm³/mol. The lowest BCUT2D eigenvalue weighted by Gasteiger charge is -2.18. The van der Waals surface area contributed by atoms with Crippen molar-refractivity contribution in [3.63, 3.8) is 0 Å². The van der Waals surface area contributed by atoms with Gasteiger partial charge in [0.05, 0.1) is 0 Å². The molecule has 0 saturated heterocycles. The van der Waals surface area contributed by atoms with Gasteiger partial charge in [0.2, 0.25) is 5.89 Å². The highest BCUT2D eigenvalue weighted by atomic mass is 16.5. The molecule has 114 valence electrons. The fourth-order valence-corrected chi connectivity index (χ4v) is 2.14. The van der Waals surface area contributed by atoms with Gasteiger partial charge in [-0.15, -0.1) is 10.2 Å². The van der Waals surface area contributed by atoms with Gasteiger partial charge < -0.3 is 14.5 Å². The molecule has 0 spiro atoms. The molecule has 0 aliphatic heterocycles. The first-order valence-corrected chi connectivity index (χ1v) is 7.36. The van der Waals surface area contributed by atoms with Gasteiger partial charge in [0.15, 0.2) is 6.61 Å². The maximum absolute atomic E-state index is 5.86. The van der Waals surface area contributed by atoms with Crippen LogP contribution in [0.1, 0.15) is 49.2 Å². The van der Waals surface area contributed by atoms with Gasteiger partial charge in [-0.1, -0.05) is 24.6 Å². The molecule has 0 aliphatic rings. The van der Waals surface area contributed by atoms with Crippen LogP contribution in [0.25, 0.3) is 0 Å². The maximum Gasteiger partial charge on any atom is 0.253 e. The highest BCUT2D eigenvalue weighted by molar-refractivity contribution is 5.39. The standard InChI is InChI=1S/C16H23N3O2/c1-5-8-17-12(3)14-9-11(2)6-7-15(14)20-10-16-19-18-13(4)21-16/h6-7,9,12,17H,5,8,10H2,1-4H3. The number of nitrogens with zero attached hydrogens (tertiary/aromatic N) is 2. The van der Waals surface area contributed by atoms with Gasteiger partial charge in [-0.05, 0) is 32.9 Å². The number of ether oxygens (including phenoxy) is 1. The Morgan fingerprint density at radius 1 is 1.29 bits per heavy atom. The fourth-order valence-electron chi connectivity index (χ4n) is 2.14. The third-order valence-corrected chi connectivity index (χ3v) is 3.25. The second-order valence-corrected chi connectivity index (χ2v) is 5.22. The Balaban J connectivity index is 2.10. The topological polar surface area (TPSA) is 60.2 Å². The molecule has 0 fully saturated rings. The van der Waals surface area contributed by atoms with Crippen LogP contribution in [0.15, 0.2) is 22.6 Å². The normalized spacial score (nSPS) is 12.4. The molecule has 1 N–H and O–H groups in total. The molecule has 5 nitrogen and oxygen atoms in total. The van der Waals surface area contributed by atoms with Gasteiger partial charge in [0.1, 0.15) is 5.75 Å². The number of nitrogens with one attached hydrogen (secondary N) is 1. The van der Waals surface area contributed by atoms with Crippen LogP contribution in [0.3, 0.4) is 0 Å². The SMILES string of the molecule is CCCNC(C)c1cc(C)ccc1OCc1nnc(C)o1.